The molecule has 0 saturated carbocycles. The van der Waals surface area contributed by atoms with E-state index < -0.39 is 0 Å². The van der Waals surface area contributed by atoms with Crippen molar-refractivity contribution in [2.24, 2.45) is 16.8 Å². The lowest BCUT2D eigenvalue weighted by Crippen LogP contribution is -2.23. The lowest BCUT2D eigenvalue weighted by atomic mass is 9.96. The van der Waals surface area contributed by atoms with Gasteiger partial charge < -0.3 is 5.73 Å². The third-order valence-electron chi connectivity index (χ3n) is 2.09. The zero-order chi connectivity index (χ0) is 8.97. The molecule has 0 aromatic rings. The molecule has 0 spiro atoms. The van der Waals surface area contributed by atoms with Crippen LogP contribution in [0.1, 0.15) is 26.2 Å². The fourth-order valence-corrected chi connectivity index (χ4v) is 1.38. The van der Waals surface area contributed by atoms with Gasteiger partial charge >= 0.3 is 0 Å². The molecule has 4 nitrogen and oxygen atoms in total. The Labute approximate surface area is 72.2 Å². The van der Waals surface area contributed by atoms with Gasteiger partial charge in [0.1, 0.15) is 0 Å². The fourth-order valence-electron chi connectivity index (χ4n) is 1.38. The highest BCUT2D eigenvalue weighted by Gasteiger charge is 2.27. The number of rotatable bonds is 4. The van der Waals surface area contributed by atoms with Crippen molar-refractivity contribution in [1.29, 1.82) is 0 Å². The maximum absolute atomic E-state index is 11.2. The van der Waals surface area contributed by atoms with Crippen molar-refractivity contribution in [1.82, 2.24) is 5.43 Å². The molecule has 1 amide bonds. The quantitative estimate of drug-likeness (QED) is 0.633. The predicted octanol–water partition coefficient (Wildman–Crippen LogP) is 0.237. The van der Waals surface area contributed by atoms with E-state index in [1.165, 1.54) is 0 Å². The zero-order valence-corrected chi connectivity index (χ0v) is 7.34. The minimum atomic E-state index is -0.0152. The number of hydrogen-bond donors (Lipinski definition) is 2. The van der Waals surface area contributed by atoms with E-state index in [1.54, 1.807) is 0 Å². The molecule has 1 aliphatic heterocycles. The molecule has 0 radical (unpaired) electrons. The number of nitrogens with two attached hydrogens (primary N) is 1. The van der Waals surface area contributed by atoms with Gasteiger partial charge in [-0.1, -0.05) is 6.92 Å². The van der Waals surface area contributed by atoms with Crippen molar-refractivity contribution >= 4 is 11.6 Å². The van der Waals surface area contributed by atoms with Gasteiger partial charge in [-0.15, -0.1) is 0 Å². The molecule has 1 atom stereocenters. The molecule has 4 heteroatoms. The number of nitrogens with zero attached hydrogens (tertiary/aromatic N) is 1. The van der Waals surface area contributed by atoms with Gasteiger partial charge in [-0.05, 0) is 25.8 Å². The number of hydrogen-bond acceptors (Lipinski definition) is 3. The topological polar surface area (TPSA) is 67.5 Å². The van der Waals surface area contributed by atoms with Crippen molar-refractivity contribution in [2.75, 3.05) is 6.54 Å². The van der Waals surface area contributed by atoms with Crippen LogP contribution in [0.4, 0.5) is 0 Å². The summed E-state index contributed by atoms with van der Waals surface area (Å²) in [6.07, 6.45) is 2.56. The molecule has 3 N–H and O–H groups in total. The van der Waals surface area contributed by atoms with Gasteiger partial charge in [-0.25, -0.2) is 5.43 Å². The number of carbonyl (C=O) groups is 1. The Morgan fingerprint density at radius 1 is 1.67 bits per heavy atom. The Kier molecular flexibility index (Phi) is 3.22. The summed E-state index contributed by atoms with van der Waals surface area (Å²) >= 11 is 0. The summed E-state index contributed by atoms with van der Waals surface area (Å²) in [5.74, 6) is 0.0128. The van der Waals surface area contributed by atoms with E-state index in [1.807, 2.05) is 6.92 Å². The second kappa shape index (κ2) is 4.21. The first kappa shape index (κ1) is 9.19. The second-order valence-electron chi connectivity index (χ2n) is 2.92. The molecular formula is C8H15N3O. The number of hydrazone groups is 1. The molecule has 0 aliphatic carbocycles. The summed E-state index contributed by atoms with van der Waals surface area (Å²) in [5.41, 5.74) is 8.82. The Morgan fingerprint density at radius 2 is 2.42 bits per heavy atom. The van der Waals surface area contributed by atoms with Crippen LogP contribution in [0.2, 0.25) is 0 Å². The standard InChI is InChI=1S/C8H15N3O/c1-2-7-6(4-3-5-9)8(12)11-10-7/h6H,2-5,9H2,1H3,(H,11,12). The summed E-state index contributed by atoms with van der Waals surface area (Å²) in [6.45, 7) is 2.65. The van der Waals surface area contributed by atoms with Gasteiger partial charge in [0.2, 0.25) is 5.91 Å². The van der Waals surface area contributed by atoms with E-state index in [9.17, 15) is 4.79 Å². The lowest BCUT2D eigenvalue weighted by molar-refractivity contribution is -0.122. The van der Waals surface area contributed by atoms with Crippen LogP contribution in [-0.4, -0.2) is 18.2 Å². The number of amides is 1. The van der Waals surface area contributed by atoms with Crippen molar-refractivity contribution in [2.45, 2.75) is 26.2 Å². The number of nitrogens with one attached hydrogen (secondary N) is 1. The van der Waals surface area contributed by atoms with E-state index in [2.05, 4.69) is 10.5 Å². The lowest BCUT2D eigenvalue weighted by Gasteiger charge is -2.06. The molecule has 68 valence electrons. The summed E-state index contributed by atoms with van der Waals surface area (Å²) in [7, 11) is 0. The molecular weight excluding hydrogens is 154 g/mol. The largest absolute Gasteiger partial charge is 0.330 e. The maximum atomic E-state index is 11.2. The van der Waals surface area contributed by atoms with Crippen LogP contribution in [-0.2, 0) is 4.79 Å². The highest BCUT2D eigenvalue weighted by molar-refractivity contribution is 6.07. The molecule has 0 aromatic heterocycles. The van der Waals surface area contributed by atoms with Crippen molar-refractivity contribution in [3.8, 4) is 0 Å². The first-order valence-corrected chi connectivity index (χ1v) is 4.36. The molecule has 12 heavy (non-hydrogen) atoms. The van der Waals surface area contributed by atoms with Crippen molar-refractivity contribution < 1.29 is 4.79 Å². The maximum Gasteiger partial charge on any atom is 0.248 e. The smallest absolute Gasteiger partial charge is 0.248 e. The first-order valence-electron chi connectivity index (χ1n) is 4.36. The Balaban J connectivity index is 2.48. The molecule has 0 bridgehead atoms. The van der Waals surface area contributed by atoms with E-state index in [-0.39, 0.29) is 11.8 Å². The Bertz CT molecular complexity index is 200. The molecule has 1 unspecified atom stereocenters. The molecule has 1 rings (SSSR count). The average Bonchev–Trinajstić information content (AvgIpc) is 2.43. The average molecular weight is 169 g/mol. The van der Waals surface area contributed by atoms with Gasteiger partial charge in [0.05, 0.1) is 11.6 Å². The van der Waals surface area contributed by atoms with Crippen LogP contribution in [0.25, 0.3) is 0 Å². The van der Waals surface area contributed by atoms with E-state index in [0.717, 1.165) is 25.0 Å². The van der Waals surface area contributed by atoms with Gasteiger partial charge in [0, 0.05) is 0 Å². The molecule has 1 aliphatic rings. The van der Waals surface area contributed by atoms with Gasteiger partial charge in [0.25, 0.3) is 0 Å². The van der Waals surface area contributed by atoms with Crippen LogP contribution < -0.4 is 11.2 Å². The Hall–Kier alpha value is -0.900. The third kappa shape index (κ3) is 1.82. The molecule has 0 saturated heterocycles. The van der Waals surface area contributed by atoms with Crippen LogP contribution >= 0.6 is 0 Å². The van der Waals surface area contributed by atoms with E-state index in [4.69, 9.17) is 5.73 Å². The van der Waals surface area contributed by atoms with Crippen molar-refractivity contribution in [3.63, 3.8) is 0 Å². The minimum absolute atomic E-state index is 0.0152. The highest BCUT2D eigenvalue weighted by Crippen LogP contribution is 2.15. The Morgan fingerprint density at radius 3 is 3.00 bits per heavy atom. The SMILES string of the molecule is CCC1=NNC(=O)C1CCCN. The highest BCUT2D eigenvalue weighted by atomic mass is 16.2. The minimum Gasteiger partial charge on any atom is -0.330 e. The zero-order valence-electron chi connectivity index (χ0n) is 7.34. The van der Waals surface area contributed by atoms with Crippen molar-refractivity contribution in [3.05, 3.63) is 0 Å². The monoisotopic (exact) mass is 169 g/mol. The second-order valence-corrected chi connectivity index (χ2v) is 2.92. The normalized spacial score (nSPS) is 22.3. The molecule has 0 fully saturated rings. The van der Waals surface area contributed by atoms with E-state index >= 15 is 0 Å². The summed E-state index contributed by atoms with van der Waals surface area (Å²) in [6, 6.07) is 0. The molecule has 0 aromatic carbocycles. The van der Waals surface area contributed by atoms with Crippen LogP contribution in [0.5, 0.6) is 0 Å². The van der Waals surface area contributed by atoms with Gasteiger partial charge in [0.15, 0.2) is 0 Å². The van der Waals surface area contributed by atoms with Crippen LogP contribution in [0.3, 0.4) is 0 Å². The number of carbonyl (C=O) groups excluding carboxylic acids is 1. The van der Waals surface area contributed by atoms with Crippen LogP contribution in [0, 0.1) is 5.92 Å². The van der Waals surface area contributed by atoms with Crippen LogP contribution in [0.15, 0.2) is 5.10 Å². The third-order valence-corrected chi connectivity index (χ3v) is 2.09. The summed E-state index contributed by atoms with van der Waals surface area (Å²) in [5, 5.41) is 3.95. The summed E-state index contributed by atoms with van der Waals surface area (Å²) in [4.78, 5) is 11.2. The van der Waals surface area contributed by atoms with Gasteiger partial charge in [-0.3, -0.25) is 4.79 Å². The predicted molar refractivity (Wildman–Crippen MR) is 47.6 cm³/mol. The summed E-state index contributed by atoms with van der Waals surface area (Å²) < 4.78 is 0. The van der Waals surface area contributed by atoms with E-state index in [0.29, 0.717) is 6.54 Å². The molecule has 1 heterocycles. The van der Waals surface area contributed by atoms with Gasteiger partial charge in [-0.2, -0.15) is 5.10 Å². The fraction of sp³-hybridized carbons (Fsp3) is 0.750. The first-order chi connectivity index (χ1) is 5.79.